The van der Waals surface area contributed by atoms with Crippen LogP contribution < -0.4 is 10.2 Å². The summed E-state index contributed by atoms with van der Waals surface area (Å²) in [6, 6.07) is 17.4. The number of imide groups is 2. The van der Waals surface area contributed by atoms with Gasteiger partial charge in [0.2, 0.25) is 23.6 Å². The third-order valence-electron chi connectivity index (χ3n) is 4.58. The van der Waals surface area contributed by atoms with Crippen LogP contribution in [0.4, 0.5) is 11.4 Å². The van der Waals surface area contributed by atoms with Gasteiger partial charge in [0.15, 0.2) is 0 Å². The van der Waals surface area contributed by atoms with Gasteiger partial charge in [-0.3, -0.25) is 19.2 Å². The molecule has 4 amide bonds. The van der Waals surface area contributed by atoms with Crippen LogP contribution in [0.2, 0.25) is 0 Å². The van der Waals surface area contributed by atoms with Crippen molar-refractivity contribution in [2.75, 3.05) is 10.2 Å². The van der Waals surface area contributed by atoms with Crippen LogP contribution in [0.25, 0.3) is 0 Å². The molecule has 4 rings (SSSR count). The summed E-state index contributed by atoms with van der Waals surface area (Å²) in [5, 5.41) is 4.63. The number of benzene rings is 2. The number of hydrogen-bond acceptors (Lipinski definition) is 6. The smallest absolute Gasteiger partial charge is 0.250 e. The van der Waals surface area contributed by atoms with E-state index in [4.69, 9.17) is 0 Å². The molecule has 0 unspecified atom stereocenters. The Labute approximate surface area is 161 Å². The second-order valence-electron chi connectivity index (χ2n) is 6.45. The maximum Gasteiger partial charge on any atom is 0.250 e. The number of carbonyl (C=O) groups is 4. The molecule has 2 aromatic rings. The average molecular weight is 378 g/mol. The average Bonchev–Trinajstić information content (AvgIpc) is 3.22. The van der Waals surface area contributed by atoms with E-state index in [1.165, 1.54) is 10.2 Å². The first-order valence-corrected chi connectivity index (χ1v) is 8.99. The molecule has 0 spiro atoms. The van der Waals surface area contributed by atoms with Crippen molar-refractivity contribution in [3.05, 3.63) is 60.7 Å². The van der Waals surface area contributed by atoms with Crippen molar-refractivity contribution < 1.29 is 19.2 Å². The lowest BCUT2D eigenvalue weighted by Crippen LogP contribution is -2.63. The first kappa shape index (κ1) is 17.7. The molecule has 28 heavy (non-hydrogen) atoms. The zero-order valence-corrected chi connectivity index (χ0v) is 15.0. The number of hydrogen-bond donors (Lipinski definition) is 0. The Morgan fingerprint density at radius 2 is 0.786 bits per heavy atom. The van der Waals surface area contributed by atoms with Crippen LogP contribution in [-0.2, 0) is 19.2 Å². The molecule has 2 aliphatic heterocycles. The number of amides is 4. The minimum absolute atomic E-state index is 0.0761. The fraction of sp³-hybridized carbons (Fsp3) is 0.200. The number of rotatable bonds is 5. The first-order chi connectivity index (χ1) is 13.6. The van der Waals surface area contributed by atoms with E-state index in [2.05, 4.69) is 0 Å². The highest BCUT2D eigenvalue weighted by molar-refractivity contribution is 6.06. The number of carbonyl (C=O) groups excluding carboxylic acids is 4. The molecule has 2 fully saturated rings. The van der Waals surface area contributed by atoms with Gasteiger partial charge in [-0.15, -0.1) is 0 Å². The third-order valence-corrected chi connectivity index (χ3v) is 4.58. The fourth-order valence-electron chi connectivity index (χ4n) is 3.29. The van der Waals surface area contributed by atoms with Gasteiger partial charge < -0.3 is 0 Å². The van der Waals surface area contributed by atoms with E-state index in [1.54, 1.807) is 60.7 Å². The summed E-state index contributed by atoms with van der Waals surface area (Å²) >= 11 is 0. The normalized spacial score (nSPS) is 16.9. The molecular weight excluding hydrogens is 360 g/mol. The second kappa shape index (κ2) is 7.15. The summed E-state index contributed by atoms with van der Waals surface area (Å²) in [6.07, 6.45) is 0.304. The molecule has 0 saturated carbocycles. The van der Waals surface area contributed by atoms with Gasteiger partial charge in [0, 0.05) is 25.7 Å². The molecule has 0 N–H and O–H groups in total. The predicted molar refractivity (Wildman–Crippen MR) is 100 cm³/mol. The van der Waals surface area contributed by atoms with E-state index in [9.17, 15) is 19.2 Å². The molecule has 2 heterocycles. The zero-order valence-electron chi connectivity index (χ0n) is 15.0. The van der Waals surface area contributed by atoms with Gasteiger partial charge in [-0.1, -0.05) is 36.4 Å². The van der Waals surface area contributed by atoms with Crippen molar-refractivity contribution in [2.24, 2.45) is 0 Å². The zero-order chi connectivity index (χ0) is 19.7. The lowest BCUT2D eigenvalue weighted by atomic mass is 10.3. The Hall–Kier alpha value is -3.68. The van der Waals surface area contributed by atoms with Gasteiger partial charge in [-0.25, -0.2) is 0 Å². The van der Waals surface area contributed by atoms with Crippen LogP contribution in [0.15, 0.2) is 60.7 Å². The number of anilines is 2. The Kier molecular flexibility index (Phi) is 4.52. The van der Waals surface area contributed by atoms with E-state index in [1.807, 2.05) is 0 Å². The molecule has 142 valence electrons. The van der Waals surface area contributed by atoms with Gasteiger partial charge >= 0.3 is 0 Å². The Morgan fingerprint density at radius 3 is 1.07 bits per heavy atom. The largest absolute Gasteiger partial charge is 0.272 e. The fourth-order valence-corrected chi connectivity index (χ4v) is 3.29. The Morgan fingerprint density at radius 1 is 0.500 bits per heavy atom. The van der Waals surface area contributed by atoms with Crippen molar-refractivity contribution in [1.82, 2.24) is 10.0 Å². The molecule has 0 aliphatic carbocycles. The van der Waals surface area contributed by atoms with E-state index in [0.717, 1.165) is 10.0 Å². The predicted octanol–water partition coefficient (Wildman–Crippen LogP) is 2.04. The van der Waals surface area contributed by atoms with Crippen molar-refractivity contribution in [3.8, 4) is 0 Å². The molecule has 0 aromatic heterocycles. The van der Waals surface area contributed by atoms with Gasteiger partial charge in [0.25, 0.3) is 0 Å². The van der Waals surface area contributed by atoms with Crippen LogP contribution in [0.5, 0.6) is 0 Å². The summed E-state index contributed by atoms with van der Waals surface area (Å²) in [5.74, 6) is -1.58. The molecule has 8 nitrogen and oxygen atoms in total. The van der Waals surface area contributed by atoms with Crippen LogP contribution in [0.1, 0.15) is 25.7 Å². The lowest BCUT2D eigenvalue weighted by molar-refractivity contribution is -0.146. The Balaban J connectivity index is 1.91. The third kappa shape index (κ3) is 2.98. The first-order valence-electron chi connectivity index (χ1n) is 8.99. The number of para-hydroxylation sites is 2. The summed E-state index contributed by atoms with van der Waals surface area (Å²) in [4.78, 5) is 50.2. The molecule has 8 heteroatoms. The van der Waals surface area contributed by atoms with Crippen LogP contribution in [-0.4, -0.2) is 33.6 Å². The maximum atomic E-state index is 12.6. The van der Waals surface area contributed by atoms with Gasteiger partial charge in [-0.05, 0) is 24.3 Å². The van der Waals surface area contributed by atoms with Crippen molar-refractivity contribution in [2.45, 2.75) is 25.7 Å². The van der Waals surface area contributed by atoms with Gasteiger partial charge in [0.1, 0.15) is 0 Å². The molecule has 0 atom stereocenters. The van der Waals surface area contributed by atoms with Crippen LogP contribution in [0.3, 0.4) is 0 Å². The minimum Gasteiger partial charge on any atom is -0.272 e. The molecule has 2 aliphatic rings. The highest BCUT2D eigenvalue weighted by Gasteiger charge is 2.44. The molecular formula is C20H18N4O4. The number of nitrogens with zero attached hydrogens (tertiary/aromatic N) is 4. The van der Waals surface area contributed by atoms with E-state index < -0.39 is 23.6 Å². The van der Waals surface area contributed by atoms with E-state index >= 15 is 0 Å². The molecule has 2 aromatic carbocycles. The summed E-state index contributed by atoms with van der Waals surface area (Å²) in [7, 11) is 0. The molecule has 2 saturated heterocycles. The van der Waals surface area contributed by atoms with Crippen molar-refractivity contribution >= 4 is 35.0 Å². The van der Waals surface area contributed by atoms with E-state index in [-0.39, 0.29) is 25.7 Å². The van der Waals surface area contributed by atoms with Crippen molar-refractivity contribution in [1.29, 1.82) is 0 Å². The van der Waals surface area contributed by atoms with Crippen LogP contribution in [0, 0.1) is 0 Å². The maximum absolute atomic E-state index is 12.6. The quantitative estimate of drug-likeness (QED) is 0.585. The SMILES string of the molecule is O=C1CCC(=O)N1N(c1ccccc1)N(c1ccccc1)N1C(=O)CCC1=O. The highest BCUT2D eigenvalue weighted by atomic mass is 16.2. The Bertz CT molecular complexity index is 822. The monoisotopic (exact) mass is 378 g/mol. The highest BCUT2D eigenvalue weighted by Crippen LogP contribution is 2.31. The molecule has 0 radical (unpaired) electrons. The summed E-state index contributed by atoms with van der Waals surface area (Å²) < 4.78 is 0. The van der Waals surface area contributed by atoms with Crippen LogP contribution >= 0.6 is 0 Å². The minimum atomic E-state index is -0.395. The summed E-state index contributed by atoms with van der Waals surface area (Å²) in [5.41, 5.74) is 0.949. The lowest BCUT2D eigenvalue weighted by Gasteiger charge is -2.44. The topological polar surface area (TPSA) is 81.2 Å². The standard InChI is InChI=1S/C20H18N4O4/c25-17-11-12-18(26)21(17)23(15-7-3-1-4-8-15)24(16-9-5-2-6-10-16)22-19(27)13-14-20(22)28/h1-10H,11-14H2. The van der Waals surface area contributed by atoms with E-state index in [0.29, 0.717) is 11.4 Å². The van der Waals surface area contributed by atoms with Gasteiger partial charge in [-0.2, -0.15) is 20.3 Å². The molecule has 0 bridgehead atoms. The number of hydrazine groups is 3. The summed E-state index contributed by atoms with van der Waals surface area (Å²) in [6.45, 7) is 0. The van der Waals surface area contributed by atoms with Gasteiger partial charge in [0.05, 0.1) is 11.4 Å². The van der Waals surface area contributed by atoms with Crippen molar-refractivity contribution in [3.63, 3.8) is 0 Å². The second-order valence-corrected chi connectivity index (χ2v) is 6.45.